The molecule has 2 aromatic heterocycles. The third-order valence-electron chi connectivity index (χ3n) is 6.92. The predicted molar refractivity (Wildman–Crippen MR) is 126 cm³/mol. The molecule has 178 valence electrons. The highest BCUT2D eigenvalue weighted by molar-refractivity contribution is 7.88. The Labute approximate surface area is 194 Å². The van der Waals surface area contributed by atoms with E-state index in [0.29, 0.717) is 38.8 Å². The molecule has 1 unspecified atom stereocenters. The lowest BCUT2D eigenvalue weighted by Gasteiger charge is -2.38. The summed E-state index contributed by atoms with van der Waals surface area (Å²) in [6, 6.07) is 0.143. The fourth-order valence-electron chi connectivity index (χ4n) is 5.03. The van der Waals surface area contributed by atoms with Crippen LogP contribution in [0, 0.1) is 0 Å². The fraction of sp³-hybridized carbons (Fsp3) is 0.619. The van der Waals surface area contributed by atoms with Gasteiger partial charge in [-0.3, -0.25) is 0 Å². The zero-order valence-corrected chi connectivity index (χ0v) is 20.0. The van der Waals surface area contributed by atoms with Crippen LogP contribution in [0.4, 0.5) is 17.7 Å². The molecule has 5 heterocycles. The summed E-state index contributed by atoms with van der Waals surface area (Å²) in [5, 5.41) is 0. The molecule has 0 spiro atoms. The first-order valence-electron chi connectivity index (χ1n) is 11.2. The molecule has 33 heavy (non-hydrogen) atoms. The highest BCUT2D eigenvalue weighted by Gasteiger charge is 2.45. The molecule has 5 rings (SSSR count). The lowest BCUT2D eigenvalue weighted by molar-refractivity contribution is 0.0981. The first-order valence-corrected chi connectivity index (χ1v) is 13.1. The molecule has 0 bridgehead atoms. The molecular formula is C21H30N8O3S. The largest absolute Gasteiger partial charge is 0.377 e. The summed E-state index contributed by atoms with van der Waals surface area (Å²) < 4.78 is 31.5. The van der Waals surface area contributed by atoms with E-state index in [1.165, 1.54) is 6.26 Å². The van der Waals surface area contributed by atoms with E-state index in [0.717, 1.165) is 42.0 Å². The van der Waals surface area contributed by atoms with Gasteiger partial charge in [-0.15, -0.1) is 0 Å². The van der Waals surface area contributed by atoms with Crippen LogP contribution in [0.3, 0.4) is 0 Å². The summed E-state index contributed by atoms with van der Waals surface area (Å²) in [5.41, 5.74) is 8.00. The second-order valence-corrected chi connectivity index (χ2v) is 11.3. The van der Waals surface area contributed by atoms with Gasteiger partial charge in [-0.2, -0.15) is 9.29 Å². The van der Waals surface area contributed by atoms with E-state index in [1.54, 1.807) is 16.7 Å². The van der Waals surface area contributed by atoms with Crippen LogP contribution >= 0.6 is 0 Å². The minimum Gasteiger partial charge on any atom is -0.377 e. The van der Waals surface area contributed by atoms with E-state index in [1.807, 2.05) is 0 Å². The smallest absolute Gasteiger partial charge is 0.228 e. The average Bonchev–Trinajstić information content (AvgIpc) is 3.39. The molecule has 3 aliphatic rings. The van der Waals surface area contributed by atoms with Gasteiger partial charge in [0.25, 0.3) is 0 Å². The molecular weight excluding hydrogens is 444 g/mol. The molecule has 0 aliphatic carbocycles. The summed E-state index contributed by atoms with van der Waals surface area (Å²) >= 11 is 0. The number of sulfonamides is 1. The molecule has 2 saturated heterocycles. The van der Waals surface area contributed by atoms with Crippen molar-refractivity contribution in [3.63, 3.8) is 0 Å². The predicted octanol–water partition coefficient (Wildman–Crippen LogP) is 0.527. The summed E-state index contributed by atoms with van der Waals surface area (Å²) in [5.74, 6) is 1.72. The SMILES string of the molecule is C[C@H]1COCCN1c1nc(-c2cnc(N)nc2)c2c(n1)N(C1(C)CCN(S(C)(=O)=O)C1)CC2. The fourth-order valence-corrected chi connectivity index (χ4v) is 5.96. The maximum atomic E-state index is 12.2. The topological polar surface area (TPSA) is 131 Å². The minimum atomic E-state index is -3.24. The van der Waals surface area contributed by atoms with Gasteiger partial charge in [0, 0.05) is 49.7 Å². The maximum absolute atomic E-state index is 12.2. The maximum Gasteiger partial charge on any atom is 0.228 e. The number of anilines is 3. The highest BCUT2D eigenvalue weighted by Crippen LogP contribution is 2.42. The zero-order chi connectivity index (χ0) is 23.4. The number of hydrogen-bond acceptors (Lipinski definition) is 10. The Morgan fingerprint density at radius 2 is 1.94 bits per heavy atom. The standard InChI is InChI=1S/C21H30N8O3S/c1-14-12-32-9-8-28(14)20-25-17(15-10-23-19(22)24-11-15)16-4-6-29(18(16)26-20)21(2)5-7-27(13-21)33(3,30)31/h10-11,14H,4-9,12-13H2,1-3H3,(H2,22,23,24)/t14-,21?/m0/s1. The Hall–Kier alpha value is -2.57. The number of rotatable bonds is 4. The summed E-state index contributed by atoms with van der Waals surface area (Å²) in [4.78, 5) is 22.8. The Kier molecular flexibility index (Phi) is 5.41. The van der Waals surface area contributed by atoms with Crippen molar-refractivity contribution in [2.45, 2.75) is 38.3 Å². The van der Waals surface area contributed by atoms with Crippen LogP contribution in [-0.2, 0) is 21.2 Å². The van der Waals surface area contributed by atoms with Crippen molar-refractivity contribution in [3.8, 4) is 11.3 Å². The third kappa shape index (κ3) is 4.00. The number of hydrogen-bond donors (Lipinski definition) is 1. The number of nitrogen functional groups attached to an aromatic ring is 1. The van der Waals surface area contributed by atoms with Gasteiger partial charge in [-0.05, 0) is 26.7 Å². The number of nitrogens with two attached hydrogens (primary N) is 1. The van der Waals surface area contributed by atoms with Crippen LogP contribution < -0.4 is 15.5 Å². The molecule has 2 atom stereocenters. The summed E-state index contributed by atoms with van der Waals surface area (Å²) in [6.07, 6.45) is 6.18. The van der Waals surface area contributed by atoms with Crippen LogP contribution in [0.25, 0.3) is 11.3 Å². The van der Waals surface area contributed by atoms with Gasteiger partial charge in [0.1, 0.15) is 5.82 Å². The van der Waals surface area contributed by atoms with E-state index in [2.05, 4.69) is 33.6 Å². The number of aromatic nitrogens is 4. The molecule has 3 aliphatic heterocycles. The van der Waals surface area contributed by atoms with Crippen molar-refractivity contribution in [1.29, 1.82) is 0 Å². The van der Waals surface area contributed by atoms with E-state index in [4.69, 9.17) is 20.4 Å². The van der Waals surface area contributed by atoms with Crippen molar-refractivity contribution in [3.05, 3.63) is 18.0 Å². The van der Waals surface area contributed by atoms with E-state index >= 15 is 0 Å². The molecule has 2 N–H and O–H groups in total. The molecule has 0 saturated carbocycles. The zero-order valence-electron chi connectivity index (χ0n) is 19.2. The lowest BCUT2D eigenvalue weighted by atomic mass is 9.99. The second-order valence-electron chi connectivity index (χ2n) is 9.37. The van der Waals surface area contributed by atoms with Gasteiger partial charge in [-0.25, -0.2) is 23.4 Å². The van der Waals surface area contributed by atoms with Gasteiger partial charge in [0.2, 0.25) is 21.9 Å². The van der Waals surface area contributed by atoms with E-state index < -0.39 is 10.0 Å². The van der Waals surface area contributed by atoms with Crippen molar-refractivity contribution >= 4 is 27.7 Å². The van der Waals surface area contributed by atoms with E-state index in [-0.39, 0.29) is 17.5 Å². The molecule has 2 fully saturated rings. The monoisotopic (exact) mass is 474 g/mol. The van der Waals surface area contributed by atoms with Crippen LogP contribution in [0.15, 0.2) is 12.4 Å². The second kappa shape index (κ2) is 8.03. The average molecular weight is 475 g/mol. The van der Waals surface area contributed by atoms with Gasteiger partial charge >= 0.3 is 0 Å². The van der Waals surface area contributed by atoms with Crippen molar-refractivity contribution < 1.29 is 13.2 Å². The first kappa shape index (κ1) is 22.2. The molecule has 2 aromatic rings. The molecule has 12 heteroatoms. The van der Waals surface area contributed by atoms with Gasteiger partial charge in [0.05, 0.1) is 36.7 Å². The Morgan fingerprint density at radius 1 is 1.18 bits per heavy atom. The van der Waals surface area contributed by atoms with Gasteiger partial charge in [-0.1, -0.05) is 0 Å². The third-order valence-corrected chi connectivity index (χ3v) is 8.17. The van der Waals surface area contributed by atoms with Crippen molar-refractivity contribution in [2.75, 3.05) is 61.2 Å². The number of nitrogens with zero attached hydrogens (tertiary/aromatic N) is 7. The summed E-state index contributed by atoms with van der Waals surface area (Å²) in [7, 11) is -3.24. The Balaban J connectivity index is 1.60. The quantitative estimate of drug-likeness (QED) is 0.669. The number of morpholine rings is 1. The van der Waals surface area contributed by atoms with Crippen LogP contribution in [0.2, 0.25) is 0 Å². The lowest BCUT2D eigenvalue weighted by Crippen LogP contribution is -2.49. The Bertz CT molecular complexity index is 1160. The normalized spacial score (nSPS) is 26.1. The Morgan fingerprint density at radius 3 is 2.61 bits per heavy atom. The van der Waals surface area contributed by atoms with E-state index in [9.17, 15) is 8.42 Å². The number of fused-ring (bicyclic) bond motifs is 1. The van der Waals surface area contributed by atoms with Crippen LogP contribution in [-0.4, -0.2) is 89.9 Å². The van der Waals surface area contributed by atoms with Crippen LogP contribution in [0.5, 0.6) is 0 Å². The van der Waals surface area contributed by atoms with Crippen molar-refractivity contribution in [1.82, 2.24) is 24.2 Å². The van der Waals surface area contributed by atoms with Crippen molar-refractivity contribution in [2.24, 2.45) is 0 Å². The van der Waals surface area contributed by atoms with Gasteiger partial charge < -0.3 is 20.3 Å². The molecule has 11 nitrogen and oxygen atoms in total. The highest BCUT2D eigenvalue weighted by atomic mass is 32.2. The first-order chi connectivity index (χ1) is 15.7. The van der Waals surface area contributed by atoms with Crippen LogP contribution in [0.1, 0.15) is 25.8 Å². The molecule has 0 radical (unpaired) electrons. The molecule has 0 aromatic carbocycles. The minimum absolute atomic E-state index is 0.143. The summed E-state index contributed by atoms with van der Waals surface area (Å²) in [6.45, 7) is 7.87. The number of ether oxygens (including phenoxy) is 1. The van der Waals surface area contributed by atoms with Gasteiger partial charge in [0.15, 0.2) is 0 Å². The molecule has 0 amide bonds.